The lowest BCUT2D eigenvalue weighted by Gasteiger charge is -2.13. The van der Waals surface area contributed by atoms with Crippen molar-refractivity contribution in [3.63, 3.8) is 0 Å². The number of carboxylic acid groups (broad SMARTS) is 1. The van der Waals surface area contributed by atoms with Crippen LogP contribution < -0.4 is 10.9 Å². The molecule has 2 aromatic rings. The first-order chi connectivity index (χ1) is 11.9. The molecule has 3 heterocycles. The summed E-state index contributed by atoms with van der Waals surface area (Å²) < 4.78 is 1.10. The third-order valence-corrected chi connectivity index (χ3v) is 4.88. The van der Waals surface area contributed by atoms with Crippen LogP contribution in [0.1, 0.15) is 27.7 Å². The molecule has 9 nitrogen and oxygen atoms in total. The Bertz CT molecular complexity index is 961. The van der Waals surface area contributed by atoms with E-state index in [0.29, 0.717) is 5.69 Å². The quantitative estimate of drug-likeness (QED) is 0.717. The number of allylic oxidation sites excluding steroid dienone is 1. The summed E-state index contributed by atoms with van der Waals surface area (Å²) in [5.41, 5.74) is -0.551. The van der Waals surface area contributed by atoms with E-state index < -0.39 is 35.3 Å². The van der Waals surface area contributed by atoms with E-state index in [2.05, 4.69) is 15.5 Å². The highest BCUT2D eigenvalue weighted by Gasteiger charge is 2.24. The topological polar surface area (TPSA) is 134 Å². The number of hydrogen-bond donors (Lipinski definition) is 3. The van der Waals surface area contributed by atoms with Gasteiger partial charge in [-0.25, -0.2) is 0 Å². The number of aromatic hydroxyl groups is 1. The number of aryl methyl sites for hydroxylation is 1. The Morgan fingerprint density at radius 2 is 2.20 bits per heavy atom. The summed E-state index contributed by atoms with van der Waals surface area (Å²) in [4.78, 5) is 35.1. The van der Waals surface area contributed by atoms with Gasteiger partial charge in [0.25, 0.3) is 11.5 Å². The van der Waals surface area contributed by atoms with Crippen LogP contribution in [0.4, 0.5) is 0 Å². The monoisotopic (exact) mass is 362 g/mol. The highest BCUT2D eigenvalue weighted by Crippen LogP contribution is 2.38. The van der Waals surface area contributed by atoms with Crippen LogP contribution in [0.2, 0.25) is 0 Å². The van der Waals surface area contributed by atoms with Crippen molar-refractivity contribution < 1.29 is 19.8 Å². The molecule has 25 heavy (non-hydrogen) atoms. The van der Waals surface area contributed by atoms with Crippen molar-refractivity contribution in [3.8, 4) is 5.75 Å². The largest absolute Gasteiger partial charge is 0.506 e. The van der Waals surface area contributed by atoms with Crippen molar-refractivity contribution in [2.24, 2.45) is 7.05 Å². The highest BCUT2D eigenvalue weighted by atomic mass is 32.2. The van der Waals surface area contributed by atoms with Gasteiger partial charge in [-0.2, -0.15) is 5.10 Å². The van der Waals surface area contributed by atoms with Gasteiger partial charge in [-0.3, -0.25) is 19.0 Å². The molecule has 1 amide bonds. The Balaban J connectivity index is 2.12. The van der Waals surface area contributed by atoms with Crippen LogP contribution in [0.5, 0.6) is 5.75 Å². The zero-order valence-electron chi connectivity index (χ0n) is 13.1. The molecule has 10 heteroatoms. The zero-order valence-corrected chi connectivity index (χ0v) is 13.9. The first kappa shape index (κ1) is 17.0. The third-order valence-electron chi connectivity index (χ3n) is 3.77. The Hall–Kier alpha value is -2.88. The van der Waals surface area contributed by atoms with Crippen molar-refractivity contribution in [2.45, 2.75) is 11.7 Å². The minimum Gasteiger partial charge on any atom is -0.506 e. The Morgan fingerprint density at radius 3 is 2.84 bits per heavy atom. The number of carbonyl (C=O) groups excluding carboxylic acids is 1. The molecular weight excluding hydrogens is 348 g/mol. The van der Waals surface area contributed by atoms with Crippen LogP contribution >= 0.6 is 11.8 Å². The molecular formula is C15H14N4O5S. The smallest absolute Gasteiger partial charge is 0.322 e. The number of carboxylic acids is 1. The summed E-state index contributed by atoms with van der Waals surface area (Å²) in [6.45, 7) is -0.663. The lowest BCUT2D eigenvalue weighted by Crippen LogP contribution is -2.35. The molecule has 3 N–H and O–H groups in total. The normalized spacial score (nSPS) is 16.3. The van der Waals surface area contributed by atoms with Gasteiger partial charge in [0.15, 0.2) is 5.65 Å². The molecule has 1 unspecified atom stereocenters. The van der Waals surface area contributed by atoms with Gasteiger partial charge in [0, 0.05) is 7.05 Å². The zero-order chi connectivity index (χ0) is 18.1. The predicted octanol–water partition coefficient (Wildman–Crippen LogP) is 0.540. The van der Waals surface area contributed by atoms with Gasteiger partial charge in [-0.1, -0.05) is 6.08 Å². The number of amides is 1. The Morgan fingerprint density at radius 1 is 1.44 bits per heavy atom. The summed E-state index contributed by atoms with van der Waals surface area (Å²) in [6.07, 6.45) is 2.76. The predicted molar refractivity (Wildman–Crippen MR) is 90.5 cm³/mol. The summed E-state index contributed by atoms with van der Waals surface area (Å²) in [5, 5.41) is 31.5. The number of nitrogens with zero attached hydrogens (tertiary/aromatic N) is 3. The van der Waals surface area contributed by atoms with Crippen LogP contribution in [-0.4, -0.2) is 43.4 Å². The minimum absolute atomic E-state index is 0.0535. The van der Waals surface area contributed by atoms with Crippen LogP contribution in [0.15, 0.2) is 22.3 Å². The van der Waals surface area contributed by atoms with Crippen molar-refractivity contribution in [2.75, 3.05) is 6.54 Å². The second-order valence-electron chi connectivity index (χ2n) is 5.40. The van der Waals surface area contributed by atoms with E-state index in [1.165, 1.54) is 7.05 Å². The molecule has 0 saturated carbocycles. The second-order valence-corrected chi connectivity index (χ2v) is 6.52. The number of thioether (sulfide) groups is 1. The van der Waals surface area contributed by atoms with Crippen LogP contribution in [0, 0.1) is 0 Å². The van der Waals surface area contributed by atoms with E-state index in [-0.39, 0.29) is 16.3 Å². The standard InChI is InChI=1S/C15H14N4O5S/c1-19-13-7(5-8(17-18-13)9-3-2-4-25-9)12(22)11(15(19)24)14(23)16-6-10(20)21/h2,4-5,9,22H,3,6H2,1H3,(H,16,23)(H,20,21). The Kier molecular flexibility index (Phi) is 4.45. The molecule has 0 fully saturated rings. The number of aliphatic carboxylic acids is 1. The van der Waals surface area contributed by atoms with E-state index in [4.69, 9.17) is 5.11 Å². The number of rotatable bonds is 4. The summed E-state index contributed by atoms with van der Waals surface area (Å²) in [7, 11) is 1.40. The van der Waals surface area contributed by atoms with Crippen molar-refractivity contribution >= 4 is 34.7 Å². The molecule has 3 rings (SSSR count). The van der Waals surface area contributed by atoms with Gasteiger partial charge in [0.2, 0.25) is 0 Å². The lowest BCUT2D eigenvalue weighted by molar-refractivity contribution is -0.135. The van der Waals surface area contributed by atoms with E-state index in [1.807, 2.05) is 11.5 Å². The van der Waals surface area contributed by atoms with Gasteiger partial charge >= 0.3 is 5.97 Å². The molecule has 1 aliphatic heterocycles. The van der Waals surface area contributed by atoms with Gasteiger partial charge in [0.05, 0.1) is 16.3 Å². The van der Waals surface area contributed by atoms with E-state index in [0.717, 1.165) is 11.0 Å². The lowest BCUT2D eigenvalue weighted by atomic mass is 10.1. The number of carbonyl (C=O) groups is 2. The summed E-state index contributed by atoms with van der Waals surface area (Å²) >= 11 is 1.56. The van der Waals surface area contributed by atoms with Crippen molar-refractivity contribution in [3.05, 3.63) is 39.2 Å². The maximum absolute atomic E-state index is 12.3. The molecule has 2 aromatic heterocycles. The molecule has 0 bridgehead atoms. The van der Waals surface area contributed by atoms with E-state index in [9.17, 15) is 19.5 Å². The average Bonchev–Trinajstić information content (AvgIpc) is 3.12. The third kappa shape index (κ3) is 3.07. The molecule has 0 spiro atoms. The second kappa shape index (κ2) is 6.55. The minimum atomic E-state index is -1.26. The fraction of sp³-hybridized carbons (Fsp3) is 0.267. The van der Waals surface area contributed by atoms with E-state index >= 15 is 0 Å². The summed E-state index contributed by atoms with van der Waals surface area (Å²) in [5.74, 6) is -2.75. The number of hydrogen-bond acceptors (Lipinski definition) is 7. The van der Waals surface area contributed by atoms with Crippen LogP contribution in [0.25, 0.3) is 11.0 Å². The molecule has 1 atom stereocenters. The Labute approximate surface area is 145 Å². The number of fused-ring (bicyclic) bond motifs is 1. The van der Waals surface area contributed by atoms with Crippen LogP contribution in [-0.2, 0) is 11.8 Å². The van der Waals surface area contributed by atoms with Gasteiger partial charge < -0.3 is 15.5 Å². The molecule has 0 radical (unpaired) electrons. The molecule has 0 saturated heterocycles. The number of aromatic nitrogens is 3. The van der Waals surface area contributed by atoms with Gasteiger partial charge in [0.1, 0.15) is 17.9 Å². The fourth-order valence-corrected chi connectivity index (χ4v) is 3.39. The maximum Gasteiger partial charge on any atom is 0.322 e. The summed E-state index contributed by atoms with van der Waals surface area (Å²) in [6, 6.07) is 1.59. The SMILES string of the molecule is Cn1c(=O)c(C(=O)NCC(=O)O)c(O)c2cc(C3CC=CS3)nnc21. The van der Waals surface area contributed by atoms with Crippen molar-refractivity contribution in [1.82, 2.24) is 20.1 Å². The number of pyridine rings is 1. The average molecular weight is 362 g/mol. The first-order valence-corrected chi connectivity index (χ1v) is 8.24. The van der Waals surface area contributed by atoms with E-state index in [1.54, 1.807) is 17.8 Å². The first-order valence-electron chi connectivity index (χ1n) is 7.30. The molecule has 130 valence electrons. The highest BCUT2D eigenvalue weighted by molar-refractivity contribution is 8.02. The molecule has 0 aromatic carbocycles. The number of nitrogens with one attached hydrogen (secondary N) is 1. The van der Waals surface area contributed by atoms with Crippen LogP contribution in [0.3, 0.4) is 0 Å². The van der Waals surface area contributed by atoms with Crippen molar-refractivity contribution in [1.29, 1.82) is 0 Å². The molecule has 0 aliphatic carbocycles. The molecule has 1 aliphatic rings. The fourth-order valence-electron chi connectivity index (χ4n) is 2.50. The van der Waals surface area contributed by atoms with Gasteiger partial charge in [-0.05, 0) is 17.9 Å². The van der Waals surface area contributed by atoms with Gasteiger partial charge in [-0.15, -0.1) is 16.9 Å². The maximum atomic E-state index is 12.3.